The fourth-order valence-electron chi connectivity index (χ4n) is 2.43. The maximum absolute atomic E-state index is 12.5. The first-order valence-electron chi connectivity index (χ1n) is 6.84. The molecule has 0 aliphatic rings. The fraction of sp³-hybridized carbons (Fsp3) is 0.176. The third kappa shape index (κ3) is 2.58. The molecule has 4 heteroatoms. The van der Waals surface area contributed by atoms with Gasteiger partial charge in [-0.2, -0.15) is 0 Å². The van der Waals surface area contributed by atoms with Crippen LogP contribution in [0.4, 0.5) is 0 Å². The van der Waals surface area contributed by atoms with E-state index in [-0.39, 0.29) is 12.1 Å². The molecular formula is C17H16N2O2. The lowest BCUT2D eigenvalue weighted by atomic mass is 10.1. The van der Waals surface area contributed by atoms with E-state index in [1.54, 1.807) is 6.07 Å². The Balaban J connectivity index is 1.99. The van der Waals surface area contributed by atoms with Crippen molar-refractivity contribution < 1.29 is 5.11 Å². The van der Waals surface area contributed by atoms with Gasteiger partial charge in [-0.25, -0.2) is 4.98 Å². The summed E-state index contributed by atoms with van der Waals surface area (Å²) in [5.41, 5.74) is 2.35. The molecule has 0 spiro atoms. The lowest BCUT2D eigenvalue weighted by molar-refractivity contribution is 0.155. The van der Waals surface area contributed by atoms with E-state index in [1.165, 1.54) is 10.9 Å². The van der Waals surface area contributed by atoms with Crippen molar-refractivity contribution in [3.05, 3.63) is 76.3 Å². The molecule has 3 rings (SSSR count). The van der Waals surface area contributed by atoms with Crippen LogP contribution in [0.5, 0.6) is 0 Å². The van der Waals surface area contributed by atoms with Crippen LogP contribution in [0.2, 0.25) is 0 Å². The van der Waals surface area contributed by atoms with Crippen LogP contribution in [0, 0.1) is 6.92 Å². The molecule has 0 aliphatic carbocycles. The number of aliphatic hydroxyl groups excluding tert-OH is 1. The van der Waals surface area contributed by atoms with Crippen LogP contribution in [-0.4, -0.2) is 14.7 Å². The molecule has 1 unspecified atom stereocenters. The Morgan fingerprint density at radius 1 is 1.14 bits per heavy atom. The van der Waals surface area contributed by atoms with Crippen molar-refractivity contribution >= 4 is 10.9 Å². The second-order valence-corrected chi connectivity index (χ2v) is 5.10. The minimum atomic E-state index is -0.729. The van der Waals surface area contributed by atoms with Crippen molar-refractivity contribution in [3.8, 4) is 0 Å². The van der Waals surface area contributed by atoms with Gasteiger partial charge in [0.1, 0.15) is 0 Å². The normalized spacial score (nSPS) is 12.5. The molecule has 21 heavy (non-hydrogen) atoms. The molecule has 0 aliphatic heterocycles. The molecule has 4 nitrogen and oxygen atoms in total. The van der Waals surface area contributed by atoms with Crippen LogP contribution in [0.1, 0.15) is 17.2 Å². The van der Waals surface area contributed by atoms with Crippen molar-refractivity contribution in [1.29, 1.82) is 0 Å². The minimum absolute atomic E-state index is 0.126. The highest BCUT2D eigenvalue weighted by molar-refractivity contribution is 5.80. The molecule has 0 radical (unpaired) electrons. The summed E-state index contributed by atoms with van der Waals surface area (Å²) in [6.45, 7) is 2.12. The summed E-state index contributed by atoms with van der Waals surface area (Å²) in [7, 11) is 0. The zero-order valence-corrected chi connectivity index (χ0v) is 11.7. The Labute approximate surface area is 122 Å². The molecule has 3 aromatic rings. The zero-order valence-electron chi connectivity index (χ0n) is 11.7. The summed E-state index contributed by atoms with van der Waals surface area (Å²) in [6.07, 6.45) is 0.775. The number of nitrogens with zero attached hydrogens (tertiary/aromatic N) is 2. The standard InChI is InChI=1S/C17H16N2O2/c1-12-6-5-9-14-16(12)18-11-19(17(14)21)10-15(20)13-7-3-2-4-8-13/h2-9,11,15,20H,10H2,1H3. The monoisotopic (exact) mass is 280 g/mol. The summed E-state index contributed by atoms with van der Waals surface area (Å²) in [4.78, 5) is 16.8. The molecule has 1 aromatic heterocycles. The van der Waals surface area contributed by atoms with E-state index in [0.29, 0.717) is 10.9 Å². The number of aryl methyl sites for hydroxylation is 1. The predicted octanol–water partition coefficient (Wildman–Crippen LogP) is 2.44. The van der Waals surface area contributed by atoms with Gasteiger partial charge in [-0.3, -0.25) is 9.36 Å². The Kier molecular flexibility index (Phi) is 3.54. The third-order valence-corrected chi connectivity index (χ3v) is 3.61. The summed E-state index contributed by atoms with van der Waals surface area (Å²) < 4.78 is 1.46. The molecule has 0 amide bonds. The van der Waals surface area contributed by atoms with Gasteiger partial charge in [-0.15, -0.1) is 0 Å². The van der Waals surface area contributed by atoms with E-state index in [2.05, 4.69) is 4.98 Å². The van der Waals surface area contributed by atoms with Crippen molar-refractivity contribution in [1.82, 2.24) is 9.55 Å². The minimum Gasteiger partial charge on any atom is -0.387 e. The molecule has 0 bridgehead atoms. The number of hydrogen-bond acceptors (Lipinski definition) is 3. The Morgan fingerprint density at radius 2 is 1.90 bits per heavy atom. The molecule has 1 heterocycles. The molecule has 1 N–H and O–H groups in total. The second-order valence-electron chi connectivity index (χ2n) is 5.10. The molecular weight excluding hydrogens is 264 g/mol. The lowest BCUT2D eigenvalue weighted by Crippen LogP contribution is -2.24. The quantitative estimate of drug-likeness (QED) is 0.801. The van der Waals surface area contributed by atoms with E-state index < -0.39 is 6.10 Å². The highest BCUT2D eigenvalue weighted by Gasteiger charge is 2.11. The summed E-state index contributed by atoms with van der Waals surface area (Å²) in [5.74, 6) is 0. The number of rotatable bonds is 3. The summed E-state index contributed by atoms with van der Waals surface area (Å²) in [6, 6.07) is 14.8. The number of hydrogen-bond donors (Lipinski definition) is 1. The van der Waals surface area contributed by atoms with E-state index in [4.69, 9.17) is 0 Å². The number of aromatic nitrogens is 2. The van der Waals surface area contributed by atoms with Gasteiger partial charge in [-0.05, 0) is 24.1 Å². The zero-order chi connectivity index (χ0) is 14.8. The Bertz CT molecular complexity index is 825. The number of para-hydroxylation sites is 1. The van der Waals surface area contributed by atoms with Crippen LogP contribution in [0.15, 0.2) is 59.7 Å². The first kappa shape index (κ1) is 13.5. The lowest BCUT2D eigenvalue weighted by Gasteiger charge is -2.13. The average molecular weight is 280 g/mol. The SMILES string of the molecule is Cc1cccc2c(=O)n(CC(O)c3ccccc3)cnc12. The summed E-state index contributed by atoms with van der Waals surface area (Å²) in [5, 5.41) is 10.8. The van der Waals surface area contributed by atoms with Gasteiger partial charge >= 0.3 is 0 Å². The largest absolute Gasteiger partial charge is 0.387 e. The topological polar surface area (TPSA) is 55.1 Å². The average Bonchev–Trinajstić information content (AvgIpc) is 2.51. The van der Waals surface area contributed by atoms with Gasteiger partial charge < -0.3 is 5.11 Å². The number of benzene rings is 2. The van der Waals surface area contributed by atoms with Crippen LogP contribution in [0.3, 0.4) is 0 Å². The van der Waals surface area contributed by atoms with Gasteiger partial charge in [-0.1, -0.05) is 42.5 Å². The molecule has 1 atom stereocenters. The van der Waals surface area contributed by atoms with Crippen LogP contribution >= 0.6 is 0 Å². The maximum atomic E-state index is 12.5. The summed E-state index contributed by atoms with van der Waals surface area (Å²) >= 11 is 0. The Hall–Kier alpha value is -2.46. The van der Waals surface area contributed by atoms with E-state index in [9.17, 15) is 9.90 Å². The van der Waals surface area contributed by atoms with Crippen molar-refractivity contribution in [2.24, 2.45) is 0 Å². The molecule has 0 saturated heterocycles. The van der Waals surface area contributed by atoms with Crippen molar-refractivity contribution in [2.75, 3.05) is 0 Å². The van der Waals surface area contributed by atoms with Crippen molar-refractivity contribution in [2.45, 2.75) is 19.6 Å². The molecule has 106 valence electrons. The fourth-order valence-corrected chi connectivity index (χ4v) is 2.43. The highest BCUT2D eigenvalue weighted by Crippen LogP contribution is 2.15. The predicted molar refractivity (Wildman–Crippen MR) is 82.1 cm³/mol. The molecule has 2 aromatic carbocycles. The van der Waals surface area contributed by atoms with Gasteiger partial charge in [0.2, 0.25) is 0 Å². The third-order valence-electron chi connectivity index (χ3n) is 3.61. The van der Waals surface area contributed by atoms with Crippen LogP contribution in [0.25, 0.3) is 10.9 Å². The van der Waals surface area contributed by atoms with Crippen molar-refractivity contribution in [3.63, 3.8) is 0 Å². The smallest absolute Gasteiger partial charge is 0.261 e. The first-order chi connectivity index (χ1) is 10.2. The number of aliphatic hydroxyl groups is 1. The first-order valence-corrected chi connectivity index (χ1v) is 6.84. The highest BCUT2D eigenvalue weighted by atomic mass is 16.3. The van der Waals surface area contributed by atoms with Gasteiger partial charge in [0, 0.05) is 0 Å². The van der Waals surface area contributed by atoms with Gasteiger partial charge in [0.15, 0.2) is 0 Å². The van der Waals surface area contributed by atoms with E-state index in [1.807, 2.05) is 49.4 Å². The molecule has 0 saturated carbocycles. The van der Waals surface area contributed by atoms with Crippen LogP contribution in [-0.2, 0) is 6.54 Å². The maximum Gasteiger partial charge on any atom is 0.261 e. The molecule has 0 fully saturated rings. The van der Waals surface area contributed by atoms with E-state index >= 15 is 0 Å². The van der Waals surface area contributed by atoms with Gasteiger partial charge in [0.05, 0.1) is 29.9 Å². The Morgan fingerprint density at radius 3 is 2.67 bits per heavy atom. The number of fused-ring (bicyclic) bond motifs is 1. The van der Waals surface area contributed by atoms with Gasteiger partial charge in [0.25, 0.3) is 5.56 Å². The second kappa shape index (κ2) is 5.50. The van der Waals surface area contributed by atoms with Crippen LogP contribution < -0.4 is 5.56 Å². The van der Waals surface area contributed by atoms with E-state index in [0.717, 1.165) is 11.1 Å².